The summed E-state index contributed by atoms with van der Waals surface area (Å²) in [5, 5.41) is 3.28. The first-order chi connectivity index (χ1) is 8.25. The predicted molar refractivity (Wildman–Crippen MR) is 74.0 cm³/mol. The summed E-state index contributed by atoms with van der Waals surface area (Å²) in [6, 6.07) is 9.73. The smallest absolute Gasteiger partial charge is 0.410 e. The Bertz CT molecular complexity index is 372. The van der Waals surface area contributed by atoms with Crippen molar-refractivity contribution in [1.82, 2.24) is 10.2 Å². The standard InChI is InChI=1S/C12H15IN2O2/c13-11-8-15(7-6-14-11)12(16)17-9-10-4-2-1-3-5-10/h1-5,11,14H,6-9H2. The first-order valence-electron chi connectivity index (χ1n) is 5.59. The van der Waals surface area contributed by atoms with Gasteiger partial charge in [0.15, 0.2) is 0 Å². The predicted octanol–water partition coefficient (Wildman–Crippen LogP) is 1.99. The number of piperazine rings is 1. The highest BCUT2D eigenvalue weighted by Crippen LogP contribution is 2.08. The zero-order valence-corrected chi connectivity index (χ0v) is 11.6. The first kappa shape index (κ1) is 12.6. The second-order valence-corrected chi connectivity index (χ2v) is 5.41. The van der Waals surface area contributed by atoms with Crippen LogP contribution in [0.1, 0.15) is 5.56 Å². The maximum Gasteiger partial charge on any atom is 0.410 e. The van der Waals surface area contributed by atoms with Crippen LogP contribution in [0.3, 0.4) is 0 Å². The maximum atomic E-state index is 11.8. The summed E-state index contributed by atoms with van der Waals surface area (Å²) in [6.07, 6.45) is -0.225. The van der Waals surface area contributed by atoms with Gasteiger partial charge in [0.2, 0.25) is 0 Å². The van der Waals surface area contributed by atoms with Crippen molar-refractivity contribution in [2.24, 2.45) is 0 Å². The van der Waals surface area contributed by atoms with Crippen molar-refractivity contribution in [3.05, 3.63) is 35.9 Å². The van der Waals surface area contributed by atoms with Gasteiger partial charge in [-0.15, -0.1) is 0 Å². The number of benzene rings is 1. The molecule has 1 amide bonds. The SMILES string of the molecule is O=C(OCc1ccccc1)N1CCNC(I)C1. The molecule has 1 atom stereocenters. The van der Waals surface area contributed by atoms with E-state index in [9.17, 15) is 4.79 Å². The van der Waals surface area contributed by atoms with Crippen molar-refractivity contribution >= 4 is 28.7 Å². The molecule has 0 spiro atoms. The quantitative estimate of drug-likeness (QED) is 0.506. The van der Waals surface area contributed by atoms with Gasteiger partial charge in [-0.1, -0.05) is 52.9 Å². The van der Waals surface area contributed by atoms with Crippen LogP contribution in [-0.2, 0) is 11.3 Å². The van der Waals surface area contributed by atoms with E-state index < -0.39 is 0 Å². The Kier molecular flexibility index (Phi) is 4.61. The molecule has 2 rings (SSSR count). The van der Waals surface area contributed by atoms with Crippen molar-refractivity contribution in [3.63, 3.8) is 0 Å². The molecule has 4 nitrogen and oxygen atoms in total. The van der Waals surface area contributed by atoms with Crippen molar-refractivity contribution in [2.75, 3.05) is 19.6 Å². The molecule has 1 saturated heterocycles. The third kappa shape index (κ3) is 3.85. The molecule has 0 bridgehead atoms. The monoisotopic (exact) mass is 346 g/mol. The summed E-state index contributed by atoms with van der Waals surface area (Å²) < 4.78 is 5.58. The van der Waals surface area contributed by atoms with Crippen LogP contribution in [0, 0.1) is 0 Å². The van der Waals surface area contributed by atoms with Gasteiger partial charge in [-0.05, 0) is 5.56 Å². The maximum absolute atomic E-state index is 11.8. The number of ether oxygens (including phenoxy) is 1. The van der Waals surface area contributed by atoms with Crippen LogP contribution < -0.4 is 5.32 Å². The molecule has 1 aliphatic heterocycles. The second kappa shape index (κ2) is 6.20. The van der Waals surface area contributed by atoms with Gasteiger partial charge in [0.05, 0.1) is 4.05 Å². The lowest BCUT2D eigenvalue weighted by Gasteiger charge is -2.30. The fraction of sp³-hybridized carbons (Fsp3) is 0.417. The normalized spacial score (nSPS) is 20.1. The van der Waals surface area contributed by atoms with E-state index in [2.05, 4.69) is 27.9 Å². The average Bonchev–Trinajstić information content (AvgIpc) is 2.37. The van der Waals surface area contributed by atoms with Gasteiger partial charge in [-0.2, -0.15) is 0 Å². The number of amides is 1. The lowest BCUT2D eigenvalue weighted by molar-refractivity contribution is 0.0909. The Hall–Kier alpha value is -0.820. The van der Waals surface area contributed by atoms with E-state index >= 15 is 0 Å². The summed E-state index contributed by atoms with van der Waals surface area (Å²) in [6.45, 7) is 2.59. The summed E-state index contributed by atoms with van der Waals surface area (Å²) in [4.78, 5) is 13.5. The van der Waals surface area contributed by atoms with E-state index in [1.54, 1.807) is 4.90 Å². The van der Waals surface area contributed by atoms with E-state index in [1.807, 2.05) is 30.3 Å². The highest BCUT2D eigenvalue weighted by atomic mass is 127. The average molecular weight is 346 g/mol. The van der Waals surface area contributed by atoms with Gasteiger partial charge in [-0.25, -0.2) is 4.79 Å². The lowest BCUT2D eigenvalue weighted by Crippen LogP contribution is -2.50. The number of rotatable bonds is 2. The third-order valence-electron chi connectivity index (χ3n) is 2.59. The van der Waals surface area contributed by atoms with Crippen LogP contribution in [0.25, 0.3) is 0 Å². The van der Waals surface area contributed by atoms with Crippen LogP contribution in [0.4, 0.5) is 4.79 Å². The van der Waals surface area contributed by atoms with E-state index in [4.69, 9.17) is 4.74 Å². The number of halogens is 1. The molecule has 1 aliphatic rings. The minimum Gasteiger partial charge on any atom is -0.445 e. The number of nitrogens with zero attached hydrogens (tertiary/aromatic N) is 1. The van der Waals surface area contributed by atoms with Gasteiger partial charge in [0.25, 0.3) is 0 Å². The van der Waals surface area contributed by atoms with Crippen molar-refractivity contribution in [3.8, 4) is 0 Å². The minimum absolute atomic E-state index is 0.225. The molecule has 0 aliphatic carbocycles. The van der Waals surface area contributed by atoms with Crippen LogP contribution in [0.5, 0.6) is 0 Å². The summed E-state index contributed by atoms with van der Waals surface area (Å²) in [5.74, 6) is 0. The van der Waals surface area contributed by atoms with Crippen LogP contribution in [0.15, 0.2) is 30.3 Å². The summed E-state index contributed by atoms with van der Waals surface area (Å²) >= 11 is 2.28. The minimum atomic E-state index is -0.225. The van der Waals surface area contributed by atoms with E-state index in [0.29, 0.717) is 23.7 Å². The lowest BCUT2D eigenvalue weighted by atomic mass is 10.2. The molecular formula is C12H15IN2O2. The van der Waals surface area contributed by atoms with Gasteiger partial charge < -0.3 is 15.0 Å². The summed E-state index contributed by atoms with van der Waals surface area (Å²) in [5.41, 5.74) is 1.02. The Morgan fingerprint density at radius 3 is 2.94 bits per heavy atom. The molecule has 0 aromatic heterocycles. The highest BCUT2D eigenvalue weighted by molar-refractivity contribution is 14.1. The zero-order chi connectivity index (χ0) is 12.1. The Morgan fingerprint density at radius 2 is 2.24 bits per heavy atom. The molecule has 5 heteroatoms. The van der Waals surface area contributed by atoms with E-state index in [1.165, 1.54) is 0 Å². The molecule has 0 saturated carbocycles. The molecule has 1 heterocycles. The van der Waals surface area contributed by atoms with Crippen molar-refractivity contribution in [1.29, 1.82) is 0 Å². The fourth-order valence-electron chi connectivity index (χ4n) is 1.68. The molecule has 1 fully saturated rings. The Balaban J connectivity index is 1.81. The number of nitrogens with one attached hydrogen (secondary N) is 1. The van der Waals surface area contributed by atoms with Gasteiger partial charge >= 0.3 is 6.09 Å². The van der Waals surface area contributed by atoms with Gasteiger partial charge in [-0.3, -0.25) is 0 Å². The molecule has 1 unspecified atom stereocenters. The highest BCUT2D eigenvalue weighted by Gasteiger charge is 2.22. The number of alkyl halides is 1. The molecule has 0 radical (unpaired) electrons. The van der Waals surface area contributed by atoms with Gasteiger partial charge in [0.1, 0.15) is 6.61 Å². The van der Waals surface area contributed by atoms with Crippen LogP contribution in [-0.4, -0.2) is 34.7 Å². The largest absolute Gasteiger partial charge is 0.445 e. The number of hydrogen-bond donors (Lipinski definition) is 1. The van der Waals surface area contributed by atoms with Crippen molar-refractivity contribution < 1.29 is 9.53 Å². The molecule has 1 N–H and O–H groups in total. The third-order valence-corrected chi connectivity index (χ3v) is 3.43. The number of hydrogen-bond acceptors (Lipinski definition) is 3. The Morgan fingerprint density at radius 1 is 1.47 bits per heavy atom. The fourth-order valence-corrected chi connectivity index (χ4v) is 2.47. The van der Waals surface area contributed by atoms with Crippen LogP contribution in [0.2, 0.25) is 0 Å². The molecule has 92 valence electrons. The summed E-state index contributed by atoms with van der Waals surface area (Å²) in [7, 11) is 0. The number of carbonyl (C=O) groups is 1. The molecule has 1 aromatic rings. The van der Waals surface area contributed by atoms with E-state index in [0.717, 1.165) is 12.1 Å². The van der Waals surface area contributed by atoms with Crippen molar-refractivity contribution in [2.45, 2.75) is 10.7 Å². The Labute approximate surface area is 114 Å². The van der Waals surface area contributed by atoms with Gasteiger partial charge in [0, 0.05) is 19.6 Å². The van der Waals surface area contributed by atoms with E-state index in [-0.39, 0.29) is 6.09 Å². The molecule has 17 heavy (non-hydrogen) atoms. The molecule has 1 aromatic carbocycles. The topological polar surface area (TPSA) is 41.6 Å². The zero-order valence-electron chi connectivity index (χ0n) is 9.43. The van der Waals surface area contributed by atoms with Crippen LogP contribution >= 0.6 is 22.6 Å². The second-order valence-electron chi connectivity index (χ2n) is 3.91. The first-order valence-corrected chi connectivity index (χ1v) is 6.83. The molecular weight excluding hydrogens is 331 g/mol. The number of carbonyl (C=O) groups excluding carboxylic acids is 1.